The molecule has 0 saturated carbocycles. The lowest BCUT2D eigenvalue weighted by atomic mass is 10.1. The first kappa shape index (κ1) is 22.4. The molecule has 0 heterocycles. The van der Waals surface area contributed by atoms with Gasteiger partial charge in [0, 0.05) is 39.5 Å². The molecule has 0 bridgehead atoms. The van der Waals surface area contributed by atoms with Crippen LogP contribution in [-0.2, 0) is 26.2 Å². The second kappa shape index (κ2) is 11.8. The third kappa shape index (κ3) is 6.91. The Hall–Kier alpha value is -1.92. The molecule has 0 amide bonds. The van der Waals surface area contributed by atoms with Crippen LogP contribution in [0, 0.1) is 0 Å². The van der Waals surface area contributed by atoms with Crippen LogP contribution in [0.1, 0.15) is 24.5 Å². The second-order valence-electron chi connectivity index (χ2n) is 6.90. The Morgan fingerprint density at radius 1 is 0.964 bits per heavy atom. The van der Waals surface area contributed by atoms with E-state index in [0.29, 0.717) is 12.6 Å². The van der Waals surface area contributed by atoms with Crippen molar-refractivity contribution in [3.8, 4) is 0 Å². The van der Waals surface area contributed by atoms with Crippen LogP contribution in [-0.4, -0.2) is 40.6 Å². The van der Waals surface area contributed by atoms with Crippen LogP contribution in [0.3, 0.4) is 0 Å². The summed E-state index contributed by atoms with van der Waals surface area (Å²) in [5.41, 5.74) is 2.53. The van der Waals surface area contributed by atoms with E-state index in [1.54, 1.807) is 14.2 Å². The maximum Gasteiger partial charge on any atom is 0.500 e. The van der Waals surface area contributed by atoms with Crippen LogP contribution in [0.25, 0.3) is 0 Å². The zero-order valence-corrected chi connectivity index (χ0v) is 18.3. The third-order valence-corrected chi connectivity index (χ3v) is 7.84. The molecule has 5 heteroatoms. The second-order valence-corrected chi connectivity index (χ2v) is 9.87. The Kier molecular flexibility index (Phi) is 9.44. The predicted molar refractivity (Wildman–Crippen MR) is 117 cm³/mol. The molecule has 0 N–H and O–H groups in total. The third-order valence-electron chi connectivity index (χ3n) is 5.05. The van der Waals surface area contributed by atoms with Crippen LogP contribution in [0.15, 0.2) is 73.4 Å². The largest absolute Gasteiger partial charge is 0.500 e. The summed E-state index contributed by atoms with van der Waals surface area (Å²) >= 11 is 0. The van der Waals surface area contributed by atoms with E-state index in [1.807, 2.05) is 30.5 Å². The van der Waals surface area contributed by atoms with Crippen molar-refractivity contribution in [1.82, 2.24) is 4.90 Å². The highest BCUT2D eigenvalue weighted by molar-refractivity contribution is 6.60. The van der Waals surface area contributed by atoms with Crippen molar-refractivity contribution in [3.05, 3.63) is 84.6 Å². The quantitative estimate of drug-likeness (QED) is 0.448. The smallest absolute Gasteiger partial charge is 0.377 e. The minimum absolute atomic E-state index is 0.313. The summed E-state index contributed by atoms with van der Waals surface area (Å²) in [6.45, 7) is 7.64. The molecule has 0 saturated heterocycles. The first-order valence-electron chi connectivity index (χ1n) is 9.83. The highest BCUT2D eigenvalue weighted by Gasteiger charge is 2.39. The lowest BCUT2D eigenvalue weighted by Crippen LogP contribution is -2.45. The monoisotopic (exact) mass is 399 g/mol. The Morgan fingerprint density at radius 2 is 1.54 bits per heavy atom. The molecule has 0 aliphatic heterocycles. The van der Waals surface area contributed by atoms with Crippen molar-refractivity contribution in [2.75, 3.05) is 20.8 Å². The predicted octanol–water partition coefficient (Wildman–Crippen LogP) is 4.90. The molecule has 28 heavy (non-hydrogen) atoms. The SMILES string of the molecule is C=CN(Cc1ccccc1)C(C)CC[Si](OC)(OC)OCCc1ccccc1. The molecule has 0 spiro atoms. The Balaban J connectivity index is 1.88. The van der Waals surface area contributed by atoms with E-state index in [1.165, 1.54) is 11.1 Å². The summed E-state index contributed by atoms with van der Waals surface area (Å²) in [4.78, 5) is 2.25. The fourth-order valence-electron chi connectivity index (χ4n) is 3.19. The lowest BCUT2D eigenvalue weighted by molar-refractivity contribution is 0.0963. The highest BCUT2D eigenvalue weighted by Crippen LogP contribution is 2.21. The van der Waals surface area contributed by atoms with Crippen molar-refractivity contribution >= 4 is 8.80 Å². The van der Waals surface area contributed by atoms with Crippen molar-refractivity contribution in [1.29, 1.82) is 0 Å². The number of hydrogen-bond donors (Lipinski definition) is 0. The summed E-state index contributed by atoms with van der Waals surface area (Å²) in [6, 6.07) is 21.9. The van der Waals surface area contributed by atoms with E-state index in [4.69, 9.17) is 13.3 Å². The summed E-state index contributed by atoms with van der Waals surface area (Å²) in [5.74, 6) is 0. The van der Waals surface area contributed by atoms with Gasteiger partial charge in [0.05, 0.1) is 0 Å². The fraction of sp³-hybridized carbons (Fsp3) is 0.391. The molecule has 2 aromatic rings. The van der Waals surface area contributed by atoms with E-state index in [0.717, 1.165) is 25.4 Å². The number of rotatable bonds is 13. The molecule has 1 unspecified atom stereocenters. The topological polar surface area (TPSA) is 30.9 Å². The standard InChI is InChI=1S/C23H33NO3Si/c1-5-24(20-23-14-10-7-11-15-23)21(2)17-19-28(25-3,26-4)27-18-16-22-12-8-6-9-13-22/h5-15,21H,1,16-20H2,2-4H3. The van der Waals surface area contributed by atoms with Gasteiger partial charge in [-0.2, -0.15) is 0 Å². The molecule has 2 aromatic carbocycles. The average molecular weight is 400 g/mol. The molecule has 0 radical (unpaired) electrons. The molecule has 0 aliphatic rings. The van der Waals surface area contributed by atoms with Gasteiger partial charge in [-0.05, 0) is 37.1 Å². The first-order chi connectivity index (χ1) is 13.6. The summed E-state index contributed by atoms with van der Waals surface area (Å²) in [7, 11) is 0.714. The van der Waals surface area contributed by atoms with Gasteiger partial charge < -0.3 is 18.2 Å². The van der Waals surface area contributed by atoms with Crippen LogP contribution in [0.5, 0.6) is 0 Å². The molecular formula is C23H33NO3Si. The fourth-order valence-corrected chi connectivity index (χ4v) is 5.33. The van der Waals surface area contributed by atoms with Gasteiger partial charge >= 0.3 is 8.80 Å². The lowest BCUT2D eigenvalue weighted by Gasteiger charge is -2.31. The Bertz CT molecular complexity index is 677. The van der Waals surface area contributed by atoms with Gasteiger partial charge in [-0.25, -0.2) is 0 Å². The molecular weight excluding hydrogens is 366 g/mol. The van der Waals surface area contributed by atoms with E-state index >= 15 is 0 Å². The van der Waals surface area contributed by atoms with Crippen LogP contribution in [0.2, 0.25) is 6.04 Å². The zero-order chi connectivity index (χ0) is 20.2. The molecule has 0 aliphatic carbocycles. The molecule has 0 aromatic heterocycles. The van der Waals surface area contributed by atoms with Crippen molar-refractivity contribution in [2.24, 2.45) is 0 Å². The maximum atomic E-state index is 6.16. The van der Waals surface area contributed by atoms with Crippen molar-refractivity contribution in [3.63, 3.8) is 0 Å². The van der Waals surface area contributed by atoms with Crippen molar-refractivity contribution < 1.29 is 13.3 Å². The van der Waals surface area contributed by atoms with Gasteiger partial charge in [0.15, 0.2) is 0 Å². The Labute approximate surface area is 171 Å². The number of hydrogen-bond acceptors (Lipinski definition) is 4. The van der Waals surface area contributed by atoms with Crippen LogP contribution < -0.4 is 0 Å². The number of benzene rings is 2. The van der Waals surface area contributed by atoms with Gasteiger partial charge in [0.2, 0.25) is 0 Å². The Morgan fingerprint density at radius 3 is 2.07 bits per heavy atom. The molecule has 0 fully saturated rings. The van der Waals surface area contributed by atoms with Gasteiger partial charge in [-0.3, -0.25) is 0 Å². The molecule has 2 rings (SSSR count). The van der Waals surface area contributed by atoms with Gasteiger partial charge in [0.1, 0.15) is 0 Å². The maximum absolute atomic E-state index is 6.16. The normalized spacial score (nSPS) is 12.5. The highest BCUT2D eigenvalue weighted by atomic mass is 28.4. The molecule has 152 valence electrons. The average Bonchev–Trinajstić information content (AvgIpc) is 2.76. The summed E-state index contributed by atoms with van der Waals surface area (Å²) < 4.78 is 17.7. The van der Waals surface area contributed by atoms with E-state index in [9.17, 15) is 0 Å². The summed E-state index contributed by atoms with van der Waals surface area (Å²) in [6.07, 6.45) is 3.68. The molecule has 4 nitrogen and oxygen atoms in total. The minimum Gasteiger partial charge on any atom is -0.377 e. The van der Waals surface area contributed by atoms with E-state index in [-0.39, 0.29) is 0 Å². The zero-order valence-electron chi connectivity index (χ0n) is 17.3. The van der Waals surface area contributed by atoms with E-state index < -0.39 is 8.80 Å². The van der Waals surface area contributed by atoms with Gasteiger partial charge in [0.25, 0.3) is 0 Å². The van der Waals surface area contributed by atoms with Gasteiger partial charge in [-0.1, -0.05) is 67.2 Å². The van der Waals surface area contributed by atoms with Gasteiger partial charge in [-0.15, -0.1) is 0 Å². The molecule has 1 atom stereocenters. The minimum atomic E-state index is -2.67. The van der Waals surface area contributed by atoms with Crippen LogP contribution in [0.4, 0.5) is 0 Å². The van der Waals surface area contributed by atoms with Crippen molar-refractivity contribution in [2.45, 2.75) is 38.4 Å². The number of nitrogens with zero attached hydrogens (tertiary/aromatic N) is 1. The van der Waals surface area contributed by atoms with E-state index in [2.05, 4.69) is 54.8 Å². The van der Waals surface area contributed by atoms with Crippen LogP contribution >= 0.6 is 0 Å². The first-order valence-corrected chi connectivity index (χ1v) is 11.8. The summed E-state index contributed by atoms with van der Waals surface area (Å²) in [5, 5.41) is 0.